The van der Waals surface area contributed by atoms with Crippen molar-refractivity contribution in [3.63, 3.8) is 0 Å². The summed E-state index contributed by atoms with van der Waals surface area (Å²) >= 11 is 0. The number of carboxylic acids is 1. The van der Waals surface area contributed by atoms with Gasteiger partial charge in [0.05, 0.1) is 5.69 Å². The third-order valence-electron chi connectivity index (χ3n) is 4.10. The molecule has 0 saturated carbocycles. The lowest BCUT2D eigenvalue weighted by Crippen LogP contribution is -2.30. The second kappa shape index (κ2) is 5.25. The van der Waals surface area contributed by atoms with Gasteiger partial charge in [0.2, 0.25) is 0 Å². The largest absolute Gasteiger partial charge is 0.478 e. The first kappa shape index (κ1) is 13.1. The predicted octanol–water partition coefficient (Wildman–Crippen LogP) is 1.92. The number of nitrogens with zero attached hydrogens (tertiary/aromatic N) is 3. The molecule has 5 heteroatoms. The molecule has 5 nitrogen and oxygen atoms in total. The lowest BCUT2D eigenvalue weighted by atomic mass is 9.93. The van der Waals surface area contributed by atoms with E-state index < -0.39 is 5.97 Å². The Morgan fingerprint density at radius 2 is 2.20 bits per heavy atom. The number of pyridine rings is 1. The molecule has 0 bridgehead atoms. The van der Waals surface area contributed by atoms with Gasteiger partial charge in [-0.1, -0.05) is 0 Å². The summed E-state index contributed by atoms with van der Waals surface area (Å²) in [6, 6.07) is 3.35. The fourth-order valence-corrected chi connectivity index (χ4v) is 2.89. The van der Waals surface area contributed by atoms with Crippen LogP contribution in [0.25, 0.3) is 5.65 Å². The molecule has 2 aromatic rings. The van der Waals surface area contributed by atoms with E-state index in [4.69, 9.17) is 0 Å². The van der Waals surface area contributed by atoms with E-state index in [0.29, 0.717) is 11.6 Å². The summed E-state index contributed by atoms with van der Waals surface area (Å²) in [5.74, 6) is -0.267. The number of aromatic carboxylic acids is 1. The fourth-order valence-electron chi connectivity index (χ4n) is 2.89. The number of likely N-dealkylation sites (tertiary alicyclic amines) is 1. The van der Waals surface area contributed by atoms with Gasteiger partial charge in [-0.15, -0.1) is 0 Å². The van der Waals surface area contributed by atoms with E-state index in [1.54, 1.807) is 12.1 Å². The van der Waals surface area contributed by atoms with Crippen LogP contribution < -0.4 is 0 Å². The minimum atomic E-state index is -0.924. The van der Waals surface area contributed by atoms with Crippen molar-refractivity contribution < 1.29 is 9.90 Å². The Hall–Kier alpha value is -1.88. The van der Waals surface area contributed by atoms with E-state index in [1.165, 1.54) is 12.8 Å². The molecule has 20 heavy (non-hydrogen) atoms. The van der Waals surface area contributed by atoms with Crippen LogP contribution in [0.15, 0.2) is 24.5 Å². The molecule has 1 aliphatic rings. The van der Waals surface area contributed by atoms with Crippen LogP contribution in [0.4, 0.5) is 0 Å². The molecule has 1 fully saturated rings. The van der Waals surface area contributed by atoms with Crippen LogP contribution in [0.5, 0.6) is 0 Å². The molecule has 3 rings (SSSR count). The number of fused-ring (bicyclic) bond motifs is 1. The topological polar surface area (TPSA) is 57.8 Å². The molecule has 0 radical (unpaired) electrons. The highest BCUT2D eigenvalue weighted by Gasteiger charge is 2.19. The summed E-state index contributed by atoms with van der Waals surface area (Å²) in [4.78, 5) is 18.1. The summed E-state index contributed by atoms with van der Waals surface area (Å²) in [5.41, 5.74) is 1.80. The average molecular weight is 273 g/mol. The van der Waals surface area contributed by atoms with Crippen molar-refractivity contribution in [3.05, 3.63) is 35.8 Å². The van der Waals surface area contributed by atoms with Crippen molar-refractivity contribution in [3.8, 4) is 0 Å². The molecule has 0 spiro atoms. The highest BCUT2D eigenvalue weighted by atomic mass is 16.4. The van der Waals surface area contributed by atoms with Crippen LogP contribution in [0.3, 0.4) is 0 Å². The standard InChI is InChI=1S/C15H19N3O2/c1-17-7-4-11(5-8-17)9-12-10-18-6-2-3-13(15(19)20)14(18)16-12/h2-3,6,10-11H,4-5,7-9H2,1H3,(H,19,20). The second-order valence-electron chi connectivity index (χ2n) is 5.64. The van der Waals surface area contributed by atoms with Gasteiger partial charge in [0.15, 0.2) is 5.65 Å². The van der Waals surface area contributed by atoms with Gasteiger partial charge in [0.1, 0.15) is 5.56 Å². The molecule has 0 aliphatic carbocycles. The van der Waals surface area contributed by atoms with E-state index in [2.05, 4.69) is 16.9 Å². The van der Waals surface area contributed by atoms with Crippen LogP contribution in [0.2, 0.25) is 0 Å². The maximum Gasteiger partial charge on any atom is 0.339 e. The Morgan fingerprint density at radius 1 is 1.45 bits per heavy atom. The van der Waals surface area contributed by atoms with Gasteiger partial charge in [-0.2, -0.15) is 0 Å². The van der Waals surface area contributed by atoms with E-state index in [0.717, 1.165) is 25.2 Å². The van der Waals surface area contributed by atoms with Crippen LogP contribution in [-0.2, 0) is 6.42 Å². The zero-order valence-corrected chi connectivity index (χ0v) is 11.6. The van der Waals surface area contributed by atoms with Gasteiger partial charge in [-0.25, -0.2) is 9.78 Å². The first-order chi connectivity index (χ1) is 9.63. The third kappa shape index (κ3) is 2.54. The van der Waals surface area contributed by atoms with Crippen molar-refractivity contribution in [2.24, 2.45) is 5.92 Å². The number of carbonyl (C=O) groups is 1. The normalized spacial score (nSPS) is 17.6. The van der Waals surface area contributed by atoms with Gasteiger partial charge in [-0.05, 0) is 57.5 Å². The number of piperidine rings is 1. The summed E-state index contributed by atoms with van der Waals surface area (Å²) in [6.45, 7) is 2.27. The quantitative estimate of drug-likeness (QED) is 0.928. The minimum Gasteiger partial charge on any atom is -0.478 e. The zero-order chi connectivity index (χ0) is 14.1. The van der Waals surface area contributed by atoms with Gasteiger partial charge < -0.3 is 14.4 Å². The maximum atomic E-state index is 11.2. The molecule has 106 valence electrons. The Balaban J connectivity index is 1.82. The molecule has 1 N–H and O–H groups in total. The highest BCUT2D eigenvalue weighted by Crippen LogP contribution is 2.21. The molecule has 1 aliphatic heterocycles. The van der Waals surface area contributed by atoms with Crippen LogP contribution in [0.1, 0.15) is 28.9 Å². The number of imidazole rings is 1. The Morgan fingerprint density at radius 3 is 2.90 bits per heavy atom. The van der Waals surface area contributed by atoms with Crippen LogP contribution in [-0.4, -0.2) is 45.5 Å². The lowest BCUT2D eigenvalue weighted by molar-refractivity contribution is 0.0698. The van der Waals surface area contributed by atoms with Gasteiger partial charge in [0, 0.05) is 12.4 Å². The van der Waals surface area contributed by atoms with Crippen molar-refractivity contribution in [2.75, 3.05) is 20.1 Å². The molecule has 0 atom stereocenters. The summed E-state index contributed by atoms with van der Waals surface area (Å²) in [7, 11) is 2.15. The molecule has 0 unspecified atom stereocenters. The van der Waals surface area contributed by atoms with Crippen molar-refractivity contribution in [1.29, 1.82) is 0 Å². The SMILES string of the molecule is CN1CCC(Cc2cn3cccc(C(=O)O)c3n2)CC1. The molecule has 2 aromatic heterocycles. The first-order valence-corrected chi connectivity index (χ1v) is 7.02. The number of rotatable bonds is 3. The second-order valence-corrected chi connectivity index (χ2v) is 5.64. The Bertz CT molecular complexity index is 627. The summed E-state index contributed by atoms with van der Waals surface area (Å²) < 4.78 is 1.81. The van der Waals surface area contributed by atoms with Gasteiger partial charge in [0.25, 0.3) is 0 Å². The van der Waals surface area contributed by atoms with Gasteiger partial charge >= 0.3 is 5.97 Å². The molecular weight excluding hydrogens is 254 g/mol. The van der Waals surface area contributed by atoms with Crippen molar-refractivity contribution in [1.82, 2.24) is 14.3 Å². The van der Waals surface area contributed by atoms with Crippen molar-refractivity contribution >= 4 is 11.6 Å². The molecule has 0 aromatic carbocycles. The number of hydrogen-bond donors (Lipinski definition) is 1. The maximum absolute atomic E-state index is 11.2. The Labute approximate surface area is 117 Å². The molecule has 0 amide bonds. The highest BCUT2D eigenvalue weighted by molar-refractivity contribution is 5.94. The number of carboxylic acid groups (broad SMARTS) is 1. The van der Waals surface area contributed by atoms with Crippen molar-refractivity contribution in [2.45, 2.75) is 19.3 Å². The molecular formula is C15H19N3O2. The third-order valence-corrected chi connectivity index (χ3v) is 4.10. The predicted molar refractivity (Wildman–Crippen MR) is 76.1 cm³/mol. The zero-order valence-electron chi connectivity index (χ0n) is 11.6. The molecule has 1 saturated heterocycles. The number of aromatic nitrogens is 2. The smallest absolute Gasteiger partial charge is 0.339 e. The van der Waals surface area contributed by atoms with Gasteiger partial charge in [-0.3, -0.25) is 0 Å². The van der Waals surface area contributed by atoms with E-state index in [9.17, 15) is 9.90 Å². The average Bonchev–Trinajstić information content (AvgIpc) is 2.83. The number of hydrogen-bond acceptors (Lipinski definition) is 3. The Kier molecular flexibility index (Phi) is 3.44. The summed E-state index contributed by atoms with van der Waals surface area (Å²) in [6.07, 6.45) is 7.13. The lowest BCUT2D eigenvalue weighted by Gasteiger charge is -2.28. The van der Waals surface area contributed by atoms with E-state index >= 15 is 0 Å². The monoisotopic (exact) mass is 273 g/mol. The van der Waals surface area contributed by atoms with Crippen LogP contribution in [0, 0.1) is 5.92 Å². The first-order valence-electron chi connectivity index (χ1n) is 7.02. The van der Waals surface area contributed by atoms with E-state index in [1.807, 2.05) is 16.8 Å². The van der Waals surface area contributed by atoms with Crippen LogP contribution >= 0.6 is 0 Å². The van der Waals surface area contributed by atoms with E-state index in [-0.39, 0.29) is 5.56 Å². The minimum absolute atomic E-state index is 0.266. The summed E-state index contributed by atoms with van der Waals surface area (Å²) in [5, 5.41) is 9.18. The molecule has 3 heterocycles. The fraction of sp³-hybridized carbons (Fsp3) is 0.467.